The first kappa shape index (κ1) is 12.3. The Morgan fingerprint density at radius 1 is 0.950 bits per heavy atom. The number of benzene rings is 1. The molecule has 0 amide bonds. The molecule has 20 heavy (non-hydrogen) atoms. The zero-order valence-corrected chi connectivity index (χ0v) is 11.1. The van der Waals surface area contributed by atoms with Gasteiger partial charge in [0.25, 0.3) is 5.89 Å². The third-order valence-electron chi connectivity index (χ3n) is 2.91. The van der Waals surface area contributed by atoms with Gasteiger partial charge in [-0.15, -0.1) is 10.2 Å². The molecule has 5 nitrogen and oxygen atoms in total. The molecule has 3 aromatic rings. The molecule has 0 radical (unpaired) electrons. The zero-order chi connectivity index (χ0) is 14.1. The molecule has 0 atom stereocenters. The van der Waals surface area contributed by atoms with E-state index in [1.807, 2.05) is 30.3 Å². The molecule has 0 aliphatic carbocycles. The first-order valence-corrected chi connectivity index (χ1v) is 6.16. The lowest BCUT2D eigenvalue weighted by Crippen LogP contribution is -2.06. The van der Waals surface area contributed by atoms with Crippen LogP contribution in [0.25, 0.3) is 22.9 Å². The van der Waals surface area contributed by atoms with Crippen molar-refractivity contribution in [3.8, 4) is 22.9 Å². The highest BCUT2D eigenvalue weighted by Crippen LogP contribution is 2.24. The number of nitrogens with zero attached hydrogens (tertiary/aromatic N) is 2. The van der Waals surface area contributed by atoms with Gasteiger partial charge in [0.05, 0.1) is 0 Å². The number of rotatable bonds is 2. The molecule has 0 saturated carbocycles. The van der Waals surface area contributed by atoms with Gasteiger partial charge in [-0.2, -0.15) is 0 Å². The van der Waals surface area contributed by atoms with Crippen LogP contribution in [-0.4, -0.2) is 10.2 Å². The van der Waals surface area contributed by atoms with Crippen molar-refractivity contribution in [2.75, 3.05) is 0 Å². The van der Waals surface area contributed by atoms with Crippen molar-refractivity contribution in [3.05, 3.63) is 58.1 Å². The summed E-state index contributed by atoms with van der Waals surface area (Å²) in [5.74, 6) is 1.58. The third kappa shape index (κ3) is 2.14. The molecule has 2 aromatic heterocycles. The smallest absolute Gasteiger partial charge is 0.255 e. The van der Waals surface area contributed by atoms with Gasteiger partial charge in [-0.3, -0.25) is 4.79 Å². The van der Waals surface area contributed by atoms with Gasteiger partial charge in [0.2, 0.25) is 5.89 Å². The van der Waals surface area contributed by atoms with E-state index in [1.165, 1.54) is 6.07 Å². The summed E-state index contributed by atoms with van der Waals surface area (Å²) in [7, 11) is 0. The van der Waals surface area contributed by atoms with Crippen molar-refractivity contribution in [2.24, 2.45) is 0 Å². The average molecular weight is 268 g/mol. The summed E-state index contributed by atoms with van der Waals surface area (Å²) in [5, 5.41) is 7.91. The molecule has 100 valence electrons. The van der Waals surface area contributed by atoms with Gasteiger partial charge in [-0.05, 0) is 26.0 Å². The Kier molecular flexibility index (Phi) is 2.95. The molecule has 3 rings (SSSR count). The molecule has 2 heterocycles. The number of hydrogen-bond acceptors (Lipinski definition) is 5. The minimum Gasteiger partial charge on any atom is -0.466 e. The molecule has 0 bridgehead atoms. The molecule has 0 unspecified atom stereocenters. The van der Waals surface area contributed by atoms with Crippen molar-refractivity contribution in [2.45, 2.75) is 13.8 Å². The second kappa shape index (κ2) is 4.77. The minimum atomic E-state index is -0.186. The van der Waals surface area contributed by atoms with Crippen LogP contribution in [0, 0.1) is 13.8 Å². The van der Waals surface area contributed by atoms with E-state index >= 15 is 0 Å². The fraction of sp³-hybridized carbons (Fsp3) is 0.133. The van der Waals surface area contributed by atoms with E-state index in [0.29, 0.717) is 23.0 Å². The second-order valence-corrected chi connectivity index (χ2v) is 4.43. The maximum Gasteiger partial charge on any atom is 0.255 e. The van der Waals surface area contributed by atoms with E-state index in [4.69, 9.17) is 8.83 Å². The standard InChI is InChI=1S/C15H12N2O3/c1-9-8-12(18)13(10(2)19-9)15-17-16-14(20-15)11-6-4-3-5-7-11/h3-8H,1-2H3. The number of aromatic nitrogens is 2. The fourth-order valence-corrected chi connectivity index (χ4v) is 2.03. The summed E-state index contributed by atoms with van der Waals surface area (Å²) in [6.45, 7) is 3.43. The van der Waals surface area contributed by atoms with Crippen LogP contribution in [0.2, 0.25) is 0 Å². The molecule has 0 aliphatic heterocycles. The van der Waals surface area contributed by atoms with Gasteiger partial charge in [-0.1, -0.05) is 18.2 Å². The molecular formula is C15H12N2O3. The minimum absolute atomic E-state index is 0.176. The quantitative estimate of drug-likeness (QED) is 0.714. The highest BCUT2D eigenvalue weighted by Gasteiger charge is 2.17. The highest BCUT2D eigenvalue weighted by atomic mass is 16.4. The number of hydrogen-bond donors (Lipinski definition) is 0. The van der Waals surface area contributed by atoms with E-state index in [-0.39, 0.29) is 11.3 Å². The largest absolute Gasteiger partial charge is 0.466 e. The van der Waals surface area contributed by atoms with E-state index in [9.17, 15) is 4.79 Å². The molecule has 0 N–H and O–H groups in total. The summed E-state index contributed by atoms with van der Waals surface area (Å²) in [6, 6.07) is 10.8. The van der Waals surface area contributed by atoms with Crippen molar-refractivity contribution in [1.82, 2.24) is 10.2 Å². The maximum atomic E-state index is 12.0. The maximum absolute atomic E-state index is 12.0. The van der Waals surface area contributed by atoms with E-state index in [2.05, 4.69) is 10.2 Å². The molecule has 5 heteroatoms. The van der Waals surface area contributed by atoms with Gasteiger partial charge in [0.1, 0.15) is 17.1 Å². The van der Waals surface area contributed by atoms with Gasteiger partial charge >= 0.3 is 0 Å². The monoisotopic (exact) mass is 268 g/mol. The lowest BCUT2D eigenvalue weighted by atomic mass is 10.2. The average Bonchev–Trinajstić information content (AvgIpc) is 2.88. The lowest BCUT2D eigenvalue weighted by molar-refractivity contribution is 0.481. The Labute approximate surface area is 114 Å². The first-order valence-electron chi connectivity index (χ1n) is 6.16. The predicted octanol–water partition coefficient (Wildman–Crippen LogP) is 2.97. The van der Waals surface area contributed by atoms with Crippen molar-refractivity contribution >= 4 is 0 Å². The van der Waals surface area contributed by atoms with E-state index in [1.54, 1.807) is 13.8 Å². The fourth-order valence-electron chi connectivity index (χ4n) is 2.03. The van der Waals surface area contributed by atoms with Gasteiger partial charge in [0.15, 0.2) is 5.43 Å². The van der Waals surface area contributed by atoms with Crippen LogP contribution in [0.4, 0.5) is 0 Å². The SMILES string of the molecule is Cc1cc(=O)c(-c2nnc(-c3ccccc3)o2)c(C)o1. The lowest BCUT2D eigenvalue weighted by Gasteiger charge is -2.00. The van der Waals surface area contributed by atoms with Crippen molar-refractivity contribution in [1.29, 1.82) is 0 Å². The molecule has 0 aliphatic rings. The summed E-state index contributed by atoms with van der Waals surface area (Å²) in [6.07, 6.45) is 0. The normalized spacial score (nSPS) is 10.7. The molecule has 0 spiro atoms. The van der Waals surface area contributed by atoms with Crippen LogP contribution in [0.3, 0.4) is 0 Å². The topological polar surface area (TPSA) is 69.1 Å². The van der Waals surface area contributed by atoms with Crippen LogP contribution in [0.1, 0.15) is 11.5 Å². The van der Waals surface area contributed by atoms with Gasteiger partial charge < -0.3 is 8.83 Å². The molecule has 1 aromatic carbocycles. The predicted molar refractivity (Wildman–Crippen MR) is 73.2 cm³/mol. The Morgan fingerprint density at radius 2 is 1.65 bits per heavy atom. The zero-order valence-electron chi connectivity index (χ0n) is 11.1. The summed E-state index contributed by atoms with van der Waals surface area (Å²) in [5.41, 5.74) is 0.931. The van der Waals surface area contributed by atoms with Gasteiger partial charge in [-0.25, -0.2) is 0 Å². The van der Waals surface area contributed by atoms with Crippen LogP contribution in [0.5, 0.6) is 0 Å². The first-order chi connectivity index (χ1) is 9.65. The second-order valence-electron chi connectivity index (χ2n) is 4.43. The van der Waals surface area contributed by atoms with E-state index in [0.717, 1.165) is 5.56 Å². The molecule has 0 saturated heterocycles. The van der Waals surface area contributed by atoms with Crippen LogP contribution < -0.4 is 5.43 Å². The number of aryl methyl sites for hydroxylation is 2. The Hall–Kier alpha value is -2.69. The Morgan fingerprint density at radius 3 is 2.35 bits per heavy atom. The summed E-state index contributed by atoms with van der Waals surface area (Å²) >= 11 is 0. The van der Waals surface area contributed by atoms with Crippen LogP contribution in [-0.2, 0) is 0 Å². The van der Waals surface area contributed by atoms with Crippen LogP contribution in [0.15, 0.2) is 50.0 Å². The molecular weight excluding hydrogens is 256 g/mol. The summed E-state index contributed by atoms with van der Waals surface area (Å²) in [4.78, 5) is 12.0. The molecule has 0 fully saturated rings. The van der Waals surface area contributed by atoms with Crippen molar-refractivity contribution in [3.63, 3.8) is 0 Å². The van der Waals surface area contributed by atoms with Crippen LogP contribution >= 0.6 is 0 Å². The Bertz CT molecular complexity index is 803. The summed E-state index contributed by atoms with van der Waals surface area (Å²) < 4.78 is 11.0. The van der Waals surface area contributed by atoms with Crippen molar-refractivity contribution < 1.29 is 8.83 Å². The van der Waals surface area contributed by atoms with E-state index < -0.39 is 0 Å². The van der Waals surface area contributed by atoms with Gasteiger partial charge in [0, 0.05) is 11.6 Å². The highest BCUT2D eigenvalue weighted by molar-refractivity contribution is 5.58. The third-order valence-corrected chi connectivity index (χ3v) is 2.91. The Balaban J connectivity index is 2.10.